The second-order valence-electron chi connectivity index (χ2n) is 5.41. The summed E-state index contributed by atoms with van der Waals surface area (Å²) in [6, 6.07) is 12.8. The molecule has 2 aromatic carbocycles. The number of esters is 1. The van der Waals surface area contributed by atoms with E-state index in [9.17, 15) is 14.9 Å². The first-order valence-corrected chi connectivity index (χ1v) is 9.65. The zero-order valence-corrected chi connectivity index (χ0v) is 15.6. The van der Waals surface area contributed by atoms with E-state index < -0.39 is 10.9 Å². The highest BCUT2D eigenvalue weighted by molar-refractivity contribution is 7.98. The number of rotatable bonds is 6. The standard InChI is InChI=1S/C18H16N2O4S2/c1-2-24-18(21)17-16(19)15-13(25-10-11-6-4-3-5-7-11)8-12(20(22)23)9-14(15)26-17/h3-9H,2,10,19H2,1H3. The van der Waals surface area contributed by atoms with E-state index in [4.69, 9.17) is 10.5 Å². The first-order valence-electron chi connectivity index (χ1n) is 7.85. The molecule has 0 saturated heterocycles. The molecule has 0 aliphatic rings. The average molecular weight is 388 g/mol. The van der Waals surface area contributed by atoms with E-state index in [2.05, 4.69) is 0 Å². The summed E-state index contributed by atoms with van der Waals surface area (Å²) < 4.78 is 5.64. The molecule has 8 heteroatoms. The molecule has 0 aliphatic carbocycles. The number of nitrogens with zero attached hydrogens (tertiary/aromatic N) is 1. The van der Waals surface area contributed by atoms with Crippen molar-refractivity contribution in [2.45, 2.75) is 17.6 Å². The summed E-state index contributed by atoms with van der Waals surface area (Å²) in [7, 11) is 0. The summed E-state index contributed by atoms with van der Waals surface area (Å²) in [5.41, 5.74) is 7.58. The topological polar surface area (TPSA) is 95.5 Å². The lowest BCUT2D eigenvalue weighted by molar-refractivity contribution is -0.384. The Balaban J connectivity index is 2.06. The molecule has 0 aliphatic heterocycles. The van der Waals surface area contributed by atoms with Gasteiger partial charge in [0.25, 0.3) is 5.69 Å². The van der Waals surface area contributed by atoms with Crippen molar-refractivity contribution >= 4 is 50.5 Å². The summed E-state index contributed by atoms with van der Waals surface area (Å²) in [5, 5.41) is 11.9. The van der Waals surface area contributed by atoms with Gasteiger partial charge >= 0.3 is 5.97 Å². The number of nitrogens with two attached hydrogens (primary N) is 1. The second kappa shape index (κ2) is 7.76. The van der Waals surface area contributed by atoms with Crippen molar-refractivity contribution in [2.24, 2.45) is 0 Å². The number of hydrogen-bond donors (Lipinski definition) is 1. The third-order valence-corrected chi connectivity index (χ3v) is 5.93. The van der Waals surface area contributed by atoms with Gasteiger partial charge in [0.1, 0.15) is 4.88 Å². The van der Waals surface area contributed by atoms with Crippen molar-refractivity contribution in [3.05, 3.63) is 63.0 Å². The second-order valence-corrected chi connectivity index (χ2v) is 7.48. The maximum atomic E-state index is 12.1. The molecule has 2 N–H and O–H groups in total. The van der Waals surface area contributed by atoms with Gasteiger partial charge in [-0.05, 0) is 12.5 Å². The Labute approximate surface area is 158 Å². The summed E-state index contributed by atoms with van der Waals surface area (Å²) in [4.78, 5) is 23.9. The van der Waals surface area contributed by atoms with Gasteiger partial charge < -0.3 is 10.5 Å². The van der Waals surface area contributed by atoms with Gasteiger partial charge in [0, 0.05) is 32.9 Å². The predicted octanol–water partition coefficient (Wildman–Crippen LogP) is 4.86. The number of thiophene rings is 1. The third kappa shape index (κ3) is 3.66. The highest BCUT2D eigenvalue weighted by Gasteiger charge is 2.22. The van der Waals surface area contributed by atoms with E-state index >= 15 is 0 Å². The number of nitrogen functional groups attached to an aromatic ring is 1. The molecule has 0 amide bonds. The number of benzene rings is 2. The van der Waals surface area contributed by atoms with Crippen LogP contribution in [-0.2, 0) is 10.5 Å². The van der Waals surface area contributed by atoms with Crippen LogP contribution in [0.3, 0.4) is 0 Å². The van der Waals surface area contributed by atoms with Crippen LogP contribution in [-0.4, -0.2) is 17.5 Å². The number of non-ortho nitro benzene ring substituents is 1. The highest BCUT2D eigenvalue weighted by atomic mass is 32.2. The smallest absolute Gasteiger partial charge is 0.350 e. The molecule has 1 heterocycles. The summed E-state index contributed by atoms with van der Waals surface area (Å²) in [5.74, 6) is 0.133. The molecule has 0 radical (unpaired) electrons. The molecular formula is C18H16N2O4S2. The lowest BCUT2D eigenvalue weighted by Gasteiger charge is -2.06. The molecule has 1 aromatic heterocycles. The number of nitro benzene ring substituents is 1. The lowest BCUT2D eigenvalue weighted by Crippen LogP contribution is -2.04. The minimum atomic E-state index is -0.507. The van der Waals surface area contributed by atoms with Crippen molar-refractivity contribution < 1.29 is 14.5 Å². The van der Waals surface area contributed by atoms with Gasteiger partial charge in [0.15, 0.2) is 0 Å². The van der Waals surface area contributed by atoms with Crippen molar-refractivity contribution in [1.29, 1.82) is 0 Å². The normalized spacial score (nSPS) is 10.8. The Morgan fingerprint density at radius 3 is 2.69 bits per heavy atom. The largest absolute Gasteiger partial charge is 0.462 e. The first-order chi connectivity index (χ1) is 12.5. The Morgan fingerprint density at radius 1 is 1.31 bits per heavy atom. The molecule has 134 valence electrons. The van der Waals surface area contributed by atoms with Gasteiger partial charge in [-0.2, -0.15) is 0 Å². The van der Waals surface area contributed by atoms with Gasteiger partial charge in [-0.1, -0.05) is 30.3 Å². The molecule has 0 atom stereocenters. The summed E-state index contributed by atoms with van der Waals surface area (Å²) in [6.45, 7) is 1.95. The van der Waals surface area contributed by atoms with Gasteiger partial charge in [-0.25, -0.2) is 4.79 Å². The Kier molecular flexibility index (Phi) is 5.43. The molecule has 0 bridgehead atoms. The number of hydrogen-bond acceptors (Lipinski definition) is 7. The fourth-order valence-corrected chi connectivity index (χ4v) is 4.73. The minimum Gasteiger partial charge on any atom is -0.462 e. The molecule has 3 rings (SSSR count). The quantitative estimate of drug-likeness (QED) is 0.280. The minimum absolute atomic E-state index is 0.0234. The Morgan fingerprint density at radius 2 is 2.04 bits per heavy atom. The summed E-state index contributed by atoms with van der Waals surface area (Å²) >= 11 is 2.58. The fraction of sp³-hybridized carbons (Fsp3) is 0.167. The molecule has 26 heavy (non-hydrogen) atoms. The SMILES string of the molecule is CCOC(=O)c1sc2cc([N+](=O)[O-])cc(SCc3ccccc3)c2c1N. The summed E-state index contributed by atoms with van der Waals surface area (Å²) in [6.07, 6.45) is 0. The first kappa shape index (κ1) is 18.2. The molecule has 3 aromatic rings. The Hall–Kier alpha value is -2.58. The van der Waals surface area contributed by atoms with Crippen LogP contribution in [0.4, 0.5) is 11.4 Å². The fourth-order valence-electron chi connectivity index (χ4n) is 2.50. The Bertz CT molecular complexity index is 970. The predicted molar refractivity (Wildman–Crippen MR) is 105 cm³/mol. The number of carbonyl (C=O) groups is 1. The van der Waals surface area contributed by atoms with Gasteiger partial charge in [0.05, 0.1) is 17.2 Å². The number of anilines is 1. The molecule has 0 unspecified atom stereocenters. The van der Waals surface area contributed by atoms with E-state index in [0.29, 0.717) is 26.4 Å². The maximum Gasteiger partial charge on any atom is 0.350 e. The maximum absolute atomic E-state index is 12.1. The van der Waals surface area contributed by atoms with Gasteiger partial charge in [0.2, 0.25) is 0 Å². The van der Waals surface area contributed by atoms with Crippen LogP contribution in [0.2, 0.25) is 0 Å². The number of thioether (sulfide) groups is 1. The van der Waals surface area contributed by atoms with Crippen molar-refractivity contribution in [1.82, 2.24) is 0 Å². The van der Waals surface area contributed by atoms with Crippen LogP contribution in [0.5, 0.6) is 0 Å². The third-order valence-electron chi connectivity index (χ3n) is 3.69. The molecule has 6 nitrogen and oxygen atoms in total. The van der Waals surface area contributed by atoms with E-state index in [1.807, 2.05) is 30.3 Å². The van der Waals surface area contributed by atoms with Crippen molar-refractivity contribution in [3.8, 4) is 0 Å². The molecule has 0 saturated carbocycles. The molecule has 0 spiro atoms. The van der Waals surface area contributed by atoms with E-state index in [-0.39, 0.29) is 17.2 Å². The highest BCUT2D eigenvalue weighted by Crippen LogP contribution is 2.43. The van der Waals surface area contributed by atoms with Gasteiger partial charge in [-0.3, -0.25) is 10.1 Å². The average Bonchev–Trinajstić information content (AvgIpc) is 2.97. The van der Waals surface area contributed by atoms with E-state index in [1.165, 1.54) is 23.9 Å². The van der Waals surface area contributed by atoms with Crippen LogP contribution in [0, 0.1) is 10.1 Å². The van der Waals surface area contributed by atoms with E-state index in [1.54, 1.807) is 6.92 Å². The monoisotopic (exact) mass is 388 g/mol. The van der Waals surface area contributed by atoms with Crippen LogP contribution < -0.4 is 5.73 Å². The zero-order valence-electron chi connectivity index (χ0n) is 13.9. The van der Waals surface area contributed by atoms with Gasteiger partial charge in [-0.15, -0.1) is 23.1 Å². The zero-order chi connectivity index (χ0) is 18.7. The molecule has 0 fully saturated rings. The number of nitro groups is 1. The van der Waals surface area contributed by atoms with Crippen LogP contribution in [0.25, 0.3) is 10.1 Å². The number of ether oxygens (including phenoxy) is 1. The number of fused-ring (bicyclic) bond motifs is 1. The lowest BCUT2D eigenvalue weighted by atomic mass is 10.2. The van der Waals surface area contributed by atoms with Crippen molar-refractivity contribution in [2.75, 3.05) is 12.3 Å². The van der Waals surface area contributed by atoms with Crippen molar-refractivity contribution in [3.63, 3.8) is 0 Å². The van der Waals surface area contributed by atoms with Crippen LogP contribution in [0.1, 0.15) is 22.2 Å². The number of carbonyl (C=O) groups excluding carboxylic acids is 1. The molecular weight excluding hydrogens is 372 g/mol. The van der Waals surface area contributed by atoms with Crippen LogP contribution in [0.15, 0.2) is 47.4 Å². The van der Waals surface area contributed by atoms with E-state index in [0.717, 1.165) is 16.9 Å². The van der Waals surface area contributed by atoms with Crippen LogP contribution >= 0.6 is 23.1 Å².